The van der Waals surface area contributed by atoms with Gasteiger partial charge < -0.3 is 10.6 Å². The van der Waals surface area contributed by atoms with Gasteiger partial charge >= 0.3 is 0 Å². The van der Waals surface area contributed by atoms with Gasteiger partial charge in [-0.3, -0.25) is 0 Å². The summed E-state index contributed by atoms with van der Waals surface area (Å²) in [6, 6.07) is 0.785. The smallest absolute Gasteiger partial charge is 0.0246 e. The van der Waals surface area contributed by atoms with Gasteiger partial charge in [-0.1, -0.05) is 6.92 Å². The number of hydrogen-bond donors (Lipinski definition) is 2. The Bertz CT molecular complexity index is 137. The Hall–Kier alpha value is -0.0800. The summed E-state index contributed by atoms with van der Waals surface area (Å²) in [4.78, 5) is 0. The second-order valence-corrected chi connectivity index (χ2v) is 4.79. The molecule has 72 valence electrons. The number of nitrogens with one attached hydrogen (secondary N) is 2. The van der Waals surface area contributed by atoms with Crippen molar-refractivity contribution in [1.29, 1.82) is 0 Å². The Morgan fingerprint density at radius 3 is 2.33 bits per heavy atom. The zero-order valence-electron chi connectivity index (χ0n) is 8.78. The van der Waals surface area contributed by atoms with Crippen LogP contribution in [0.1, 0.15) is 33.6 Å². The van der Waals surface area contributed by atoms with Crippen molar-refractivity contribution >= 4 is 0 Å². The number of rotatable bonds is 4. The molecule has 2 N–H and O–H groups in total. The van der Waals surface area contributed by atoms with Crippen LogP contribution in [0.15, 0.2) is 0 Å². The highest BCUT2D eigenvalue weighted by Gasteiger charge is 2.26. The second-order valence-electron chi connectivity index (χ2n) is 4.79. The van der Waals surface area contributed by atoms with Crippen LogP contribution in [-0.4, -0.2) is 25.2 Å². The molecule has 0 bridgehead atoms. The van der Waals surface area contributed by atoms with Crippen LogP contribution in [-0.2, 0) is 0 Å². The van der Waals surface area contributed by atoms with Crippen molar-refractivity contribution in [1.82, 2.24) is 10.6 Å². The Labute approximate surface area is 76.1 Å². The summed E-state index contributed by atoms with van der Waals surface area (Å²) in [6.45, 7) is 7.84. The summed E-state index contributed by atoms with van der Waals surface area (Å²) in [5.74, 6) is 0.945. The van der Waals surface area contributed by atoms with E-state index < -0.39 is 0 Å². The lowest BCUT2D eigenvalue weighted by molar-refractivity contribution is 0.223. The van der Waals surface area contributed by atoms with E-state index in [-0.39, 0.29) is 5.54 Å². The average Bonchev–Trinajstić information content (AvgIpc) is 1.96. The standard InChI is InChI=1S/C10H22N2/c1-8-5-9(6-8)12-7-10(2,3)11-4/h8-9,11-12H,5-7H2,1-4H3. The van der Waals surface area contributed by atoms with E-state index in [0.29, 0.717) is 0 Å². The summed E-state index contributed by atoms with van der Waals surface area (Å²) in [7, 11) is 2.02. The summed E-state index contributed by atoms with van der Waals surface area (Å²) in [6.07, 6.45) is 2.72. The van der Waals surface area contributed by atoms with Gasteiger partial charge in [0.2, 0.25) is 0 Å². The first-order valence-corrected chi connectivity index (χ1v) is 4.96. The van der Waals surface area contributed by atoms with Gasteiger partial charge in [-0.2, -0.15) is 0 Å². The van der Waals surface area contributed by atoms with Crippen LogP contribution >= 0.6 is 0 Å². The quantitative estimate of drug-likeness (QED) is 0.666. The normalized spacial score (nSPS) is 30.0. The van der Waals surface area contributed by atoms with Crippen LogP contribution in [0.4, 0.5) is 0 Å². The highest BCUT2D eigenvalue weighted by atomic mass is 15.0. The van der Waals surface area contributed by atoms with Crippen LogP contribution < -0.4 is 10.6 Å². The van der Waals surface area contributed by atoms with Crippen LogP contribution in [0.25, 0.3) is 0 Å². The maximum atomic E-state index is 3.58. The molecule has 2 nitrogen and oxygen atoms in total. The fourth-order valence-electron chi connectivity index (χ4n) is 1.56. The lowest BCUT2D eigenvalue weighted by atomic mass is 9.81. The molecule has 0 aromatic carbocycles. The zero-order chi connectivity index (χ0) is 9.19. The maximum Gasteiger partial charge on any atom is 0.0246 e. The Balaban J connectivity index is 2.10. The molecule has 1 aliphatic rings. The predicted octanol–water partition coefficient (Wildman–Crippen LogP) is 1.37. The van der Waals surface area contributed by atoms with Gasteiger partial charge in [0.05, 0.1) is 0 Å². The van der Waals surface area contributed by atoms with Gasteiger partial charge in [0.15, 0.2) is 0 Å². The molecule has 1 saturated carbocycles. The third-order valence-electron chi connectivity index (χ3n) is 2.88. The van der Waals surface area contributed by atoms with Gasteiger partial charge in [-0.25, -0.2) is 0 Å². The van der Waals surface area contributed by atoms with E-state index >= 15 is 0 Å². The fourth-order valence-corrected chi connectivity index (χ4v) is 1.56. The number of hydrogen-bond acceptors (Lipinski definition) is 2. The van der Waals surface area contributed by atoms with Crippen molar-refractivity contribution in [3.8, 4) is 0 Å². The third kappa shape index (κ3) is 2.76. The molecule has 1 rings (SSSR count). The van der Waals surface area contributed by atoms with Gasteiger partial charge in [-0.15, -0.1) is 0 Å². The molecule has 0 amide bonds. The SMILES string of the molecule is CNC(C)(C)CNC1CC(C)C1. The summed E-state index contributed by atoms with van der Waals surface area (Å²) in [5.41, 5.74) is 0.235. The van der Waals surface area contributed by atoms with Crippen molar-refractivity contribution < 1.29 is 0 Å². The molecule has 0 atom stereocenters. The van der Waals surface area contributed by atoms with Crippen LogP contribution in [0.5, 0.6) is 0 Å². The summed E-state index contributed by atoms with van der Waals surface area (Å²) in [5, 5.41) is 6.87. The summed E-state index contributed by atoms with van der Waals surface area (Å²) < 4.78 is 0. The van der Waals surface area contributed by atoms with E-state index in [1.54, 1.807) is 0 Å². The van der Waals surface area contributed by atoms with Crippen LogP contribution in [0.2, 0.25) is 0 Å². The van der Waals surface area contributed by atoms with E-state index in [0.717, 1.165) is 18.5 Å². The Morgan fingerprint density at radius 2 is 1.92 bits per heavy atom. The van der Waals surface area contributed by atoms with Gasteiger partial charge in [-0.05, 0) is 39.7 Å². The monoisotopic (exact) mass is 170 g/mol. The molecule has 1 aliphatic carbocycles. The zero-order valence-corrected chi connectivity index (χ0v) is 8.78. The van der Waals surface area contributed by atoms with Gasteiger partial charge in [0.1, 0.15) is 0 Å². The topological polar surface area (TPSA) is 24.1 Å². The molecule has 0 aromatic rings. The molecule has 0 heterocycles. The maximum absolute atomic E-state index is 3.58. The molecule has 0 aromatic heterocycles. The highest BCUT2D eigenvalue weighted by Crippen LogP contribution is 2.26. The van der Waals surface area contributed by atoms with Crippen molar-refractivity contribution in [3.63, 3.8) is 0 Å². The van der Waals surface area contributed by atoms with E-state index in [1.807, 2.05) is 7.05 Å². The average molecular weight is 170 g/mol. The second kappa shape index (κ2) is 3.75. The molecule has 1 fully saturated rings. The van der Waals surface area contributed by atoms with E-state index in [1.165, 1.54) is 12.8 Å². The minimum Gasteiger partial charge on any atom is -0.314 e. The van der Waals surface area contributed by atoms with Crippen LogP contribution in [0, 0.1) is 5.92 Å². The fraction of sp³-hybridized carbons (Fsp3) is 1.00. The molecular formula is C10H22N2. The van der Waals surface area contributed by atoms with E-state index in [9.17, 15) is 0 Å². The van der Waals surface area contributed by atoms with Crippen molar-refractivity contribution in [2.75, 3.05) is 13.6 Å². The molecule has 2 heteroatoms. The van der Waals surface area contributed by atoms with Crippen molar-refractivity contribution in [3.05, 3.63) is 0 Å². The highest BCUT2D eigenvalue weighted by molar-refractivity contribution is 4.86. The predicted molar refractivity (Wildman–Crippen MR) is 53.3 cm³/mol. The van der Waals surface area contributed by atoms with Gasteiger partial charge in [0.25, 0.3) is 0 Å². The van der Waals surface area contributed by atoms with Gasteiger partial charge in [0, 0.05) is 18.1 Å². The molecular weight excluding hydrogens is 148 g/mol. The first kappa shape index (κ1) is 10.0. The van der Waals surface area contributed by atoms with Crippen molar-refractivity contribution in [2.45, 2.75) is 45.2 Å². The Kier molecular flexibility index (Phi) is 3.13. The first-order chi connectivity index (χ1) is 5.53. The van der Waals surface area contributed by atoms with E-state index in [4.69, 9.17) is 0 Å². The molecule has 12 heavy (non-hydrogen) atoms. The third-order valence-corrected chi connectivity index (χ3v) is 2.88. The minimum atomic E-state index is 0.235. The number of likely N-dealkylation sites (N-methyl/N-ethyl adjacent to an activating group) is 1. The van der Waals surface area contributed by atoms with E-state index in [2.05, 4.69) is 31.4 Å². The molecule has 0 radical (unpaired) electrons. The van der Waals surface area contributed by atoms with Crippen molar-refractivity contribution in [2.24, 2.45) is 5.92 Å². The van der Waals surface area contributed by atoms with Crippen LogP contribution in [0.3, 0.4) is 0 Å². The summed E-state index contributed by atoms with van der Waals surface area (Å²) >= 11 is 0. The lowest BCUT2D eigenvalue weighted by Crippen LogP contribution is -2.51. The Morgan fingerprint density at radius 1 is 1.33 bits per heavy atom. The minimum absolute atomic E-state index is 0.235. The first-order valence-electron chi connectivity index (χ1n) is 4.96. The molecule has 0 spiro atoms. The largest absolute Gasteiger partial charge is 0.314 e. The molecule has 0 unspecified atom stereocenters. The lowest BCUT2D eigenvalue weighted by Gasteiger charge is -2.36. The molecule has 0 aliphatic heterocycles. The molecule has 0 saturated heterocycles.